The Morgan fingerprint density at radius 3 is 2.37 bits per heavy atom. The van der Waals surface area contributed by atoms with Gasteiger partial charge in [-0.3, -0.25) is 4.79 Å². The van der Waals surface area contributed by atoms with E-state index in [9.17, 15) is 26.7 Å². The van der Waals surface area contributed by atoms with Crippen LogP contribution in [0.4, 0.5) is 33.5 Å². The Kier molecular flexibility index (Phi) is 6.17. The zero-order valence-electron chi connectivity index (χ0n) is 16.9. The number of hydrogen-bond acceptors (Lipinski definition) is 8. The molecule has 0 fully saturated rings. The second-order valence-electron chi connectivity index (χ2n) is 6.57. The SMILES string of the molecule is Nc1ncnc(Oc2c(F)cc(NC(=O)c3cnn(-c4ncccn4)c3C(F)(F)F)cc2F)c1Cl. The summed E-state index contributed by atoms with van der Waals surface area (Å²) in [6.45, 7) is 0. The van der Waals surface area contributed by atoms with Crippen LogP contribution in [0.25, 0.3) is 5.95 Å². The third-order valence-electron chi connectivity index (χ3n) is 4.26. The molecule has 0 atom stereocenters. The fourth-order valence-corrected chi connectivity index (χ4v) is 2.94. The van der Waals surface area contributed by atoms with E-state index in [1.165, 1.54) is 18.5 Å². The molecule has 0 aliphatic rings. The van der Waals surface area contributed by atoms with Crippen molar-refractivity contribution < 1.29 is 31.5 Å². The Morgan fingerprint density at radius 2 is 1.74 bits per heavy atom. The van der Waals surface area contributed by atoms with Gasteiger partial charge in [0.15, 0.2) is 17.3 Å². The lowest BCUT2D eigenvalue weighted by Crippen LogP contribution is -2.21. The number of rotatable bonds is 5. The first-order valence-electron chi connectivity index (χ1n) is 9.23. The Morgan fingerprint density at radius 1 is 1.09 bits per heavy atom. The topological polar surface area (TPSA) is 134 Å². The molecular weight excluding hydrogens is 503 g/mol. The molecule has 0 saturated heterocycles. The molecule has 10 nitrogen and oxygen atoms in total. The average molecular weight is 513 g/mol. The van der Waals surface area contributed by atoms with Crippen LogP contribution in [0.5, 0.6) is 11.6 Å². The van der Waals surface area contributed by atoms with Crippen molar-refractivity contribution in [2.45, 2.75) is 6.18 Å². The Bertz CT molecular complexity index is 1390. The zero-order chi connectivity index (χ0) is 25.3. The van der Waals surface area contributed by atoms with Crippen molar-refractivity contribution in [2.75, 3.05) is 11.1 Å². The van der Waals surface area contributed by atoms with Gasteiger partial charge < -0.3 is 15.8 Å². The van der Waals surface area contributed by atoms with Crippen molar-refractivity contribution in [3.05, 3.63) is 71.0 Å². The highest BCUT2D eigenvalue weighted by atomic mass is 35.5. The predicted octanol–water partition coefficient (Wildman–Crippen LogP) is 4.03. The minimum Gasteiger partial charge on any atom is -0.431 e. The molecule has 4 aromatic rings. The first kappa shape index (κ1) is 23.7. The standard InChI is InChI=1S/C19H10ClF5N8O2/c20-12-15(26)29-7-30-17(12)35-13-10(21)4-8(5-11(13)22)32-16(34)9-6-31-33(14(9)19(23,24)25)18-27-2-1-3-28-18/h1-7H,(H,32,34)(H2,26,29,30). The smallest absolute Gasteiger partial charge is 0.431 e. The fraction of sp³-hybridized carbons (Fsp3) is 0.0526. The molecule has 1 amide bonds. The molecule has 180 valence electrons. The van der Waals surface area contributed by atoms with E-state index in [0.717, 1.165) is 6.33 Å². The molecule has 16 heteroatoms. The van der Waals surface area contributed by atoms with Crippen LogP contribution in [0.1, 0.15) is 16.1 Å². The molecule has 0 radical (unpaired) electrons. The number of nitrogens with one attached hydrogen (secondary N) is 1. The second-order valence-corrected chi connectivity index (χ2v) is 6.95. The van der Waals surface area contributed by atoms with Crippen LogP contribution in [0.15, 0.2) is 43.1 Å². The molecular formula is C19H10ClF5N8O2. The third-order valence-corrected chi connectivity index (χ3v) is 4.62. The average Bonchev–Trinajstić information content (AvgIpc) is 3.26. The maximum atomic E-state index is 14.5. The van der Waals surface area contributed by atoms with Crippen molar-refractivity contribution in [1.82, 2.24) is 29.7 Å². The van der Waals surface area contributed by atoms with Crippen LogP contribution in [0, 0.1) is 11.6 Å². The number of alkyl halides is 3. The number of ether oxygens (including phenoxy) is 1. The van der Waals surface area contributed by atoms with Crippen LogP contribution in [-0.4, -0.2) is 35.6 Å². The second kappa shape index (κ2) is 9.09. The predicted molar refractivity (Wildman–Crippen MR) is 110 cm³/mol. The van der Waals surface area contributed by atoms with Crippen molar-refractivity contribution in [2.24, 2.45) is 0 Å². The van der Waals surface area contributed by atoms with E-state index in [1.807, 2.05) is 5.32 Å². The van der Waals surface area contributed by atoms with Crippen molar-refractivity contribution >= 4 is 29.0 Å². The van der Waals surface area contributed by atoms with Gasteiger partial charge in [-0.1, -0.05) is 11.6 Å². The highest BCUT2D eigenvalue weighted by molar-refractivity contribution is 6.34. The molecule has 0 unspecified atom stereocenters. The summed E-state index contributed by atoms with van der Waals surface area (Å²) in [7, 11) is 0. The van der Waals surface area contributed by atoms with E-state index in [4.69, 9.17) is 22.1 Å². The molecule has 0 saturated carbocycles. The lowest BCUT2D eigenvalue weighted by atomic mass is 10.2. The van der Waals surface area contributed by atoms with Crippen LogP contribution in [0.3, 0.4) is 0 Å². The number of nitrogen functional groups attached to an aromatic ring is 1. The maximum Gasteiger partial charge on any atom is 0.434 e. The molecule has 0 aliphatic heterocycles. The number of nitrogens with zero attached hydrogens (tertiary/aromatic N) is 6. The van der Waals surface area contributed by atoms with E-state index in [2.05, 4.69) is 25.0 Å². The van der Waals surface area contributed by atoms with Crippen LogP contribution < -0.4 is 15.8 Å². The third kappa shape index (κ3) is 4.79. The number of hydrogen-bond donors (Lipinski definition) is 2. The van der Waals surface area contributed by atoms with Gasteiger partial charge in [0.1, 0.15) is 17.2 Å². The van der Waals surface area contributed by atoms with Gasteiger partial charge in [0.05, 0.1) is 11.8 Å². The minimum atomic E-state index is -5.05. The number of anilines is 2. The number of amides is 1. The summed E-state index contributed by atoms with van der Waals surface area (Å²) < 4.78 is 75.5. The van der Waals surface area contributed by atoms with E-state index < -0.39 is 58.2 Å². The summed E-state index contributed by atoms with van der Waals surface area (Å²) in [5.74, 6) is -6.04. The lowest BCUT2D eigenvalue weighted by Gasteiger charge is -2.13. The molecule has 1 aromatic carbocycles. The van der Waals surface area contributed by atoms with E-state index in [1.54, 1.807) is 0 Å². The van der Waals surface area contributed by atoms with E-state index in [0.29, 0.717) is 23.0 Å². The minimum absolute atomic E-state index is 0.205. The number of carbonyl (C=O) groups excluding carboxylic acids is 1. The van der Waals surface area contributed by atoms with Gasteiger partial charge in [-0.15, -0.1) is 0 Å². The summed E-state index contributed by atoms with van der Waals surface area (Å²) in [6, 6.07) is 2.61. The largest absolute Gasteiger partial charge is 0.434 e. The molecule has 4 rings (SSSR count). The number of carbonyl (C=O) groups is 1. The lowest BCUT2D eigenvalue weighted by molar-refractivity contribution is -0.143. The van der Waals surface area contributed by atoms with Crippen LogP contribution in [0.2, 0.25) is 5.02 Å². The van der Waals surface area contributed by atoms with Gasteiger partial charge in [0.2, 0.25) is 11.6 Å². The van der Waals surface area contributed by atoms with Gasteiger partial charge >= 0.3 is 6.18 Å². The fourth-order valence-electron chi connectivity index (χ4n) is 2.80. The van der Waals surface area contributed by atoms with Gasteiger partial charge in [-0.25, -0.2) is 23.7 Å². The monoisotopic (exact) mass is 512 g/mol. The first-order chi connectivity index (χ1) is 16.6. The van der Waals surface area contributed by atoms with Gasteiger partial charge in [0, 0.05) is 30.2 Å². The molecule has 3 N–H and O–H groups in total. The maximum absolute atomic E-state index is 14.5. The number of benzene rings is 1. The number of aromatic nitrogens is 6. The summed E-state index contributed by atoms with van der Waals surface area (Å²) >= 11 is 5.83. The normalized spacial score (nSPS) is 11.4. The summed E-state index contributed by atoms with van der Waals surface area (Å²) in [5, 5.41) is 5.22. The zero-order valence-corrected chi connectivity index (χ0v) is 17.6. The molecule has 3 aromatic heterocycles. The van der Waals surface area contributed by atoms with Crippen molar-refractivity contribution in [3.8, 4) is 17.6 Å². The molecule has 0 aliphatic carbocycles. The summed E-state index contributed by atoms with van der Waals surface area (Å²) in [6.07, 6.45) is -1.11. The molecule has 3 heterocycles. The Balaban J connectivity index is 1.64. The van der Waals surface area contributed by atoms with Gasteiger partial charge in [-0.05, 0) is 6.07 Å². The van der Waals surface area contributed by atoms with Gasteiger partial charge in [-0.2, -0.15) is 27.9 Å². The van der Waals surface area contributed by atoms with Crippen LogP contribution >= 0.6 is 11.6 Å². The number of halogens is 6. The quantitative estimate of drug-likeness (QED) is 0.383. The van der Waals surface area contributed by atoms with E-state index >= 15 is 0 Å². The Hall–Kier alpha value is -4.40. The Labute approximate surface area is 196 Å². The number of nitrogens with two attached hydrogens (primary N) is 1. The first-order valence-corrected chi connectivity index (χ1v) is 9.61. The van der Waals surface area contributed by atoms with Crippen molar-refractivity contribution in [3.63, 3.8) is 0 Å². The molecule has 0 spiro atoms. The summed E-state index contributed by atoms with van der Waals surface area (Å²) in [4.78, 5) is 27.1. The molecule has 0 bridgehead atoms. The van der Waals surface area contributed by atoms with Crippen LogP contribution in [-0.2, 0) is 6.18 Å². The van der Waals surface area contributed by atoms with E-state index in [-0.39, 0.29) is 10.8 Å². The highest BCUT2D eigenvalue weighted by Gasteiger charge is 2.41. The molecule has 35 heavy (non-hydrogen) atoms. The van der Waals surface area contributed by atoms with Crippen molar-refractivity contribution in [1.29, 1.82) is 0 Å². The van der Waals surface area contributed by atoms with Gasteiger partial charge in [0.25, 0.3) is 11.9 Å². The summed E-state index contributed by atoms with van der Waals surface area (Å²) in [5.41, 5.74) is 2.54. The highest BCUT2D eigenvalue weighted by Crippen LogP contribution is 2.35.